The number of carbonyl (C=O) groups excluding carboxylic acids is 2. The number of ether oxygens (including phenoxy) is 1. The summed E-state index contributed by atoms with van der Waals surface area (Å²) in [7, 11) is -2.69. The van der Waals surface area contributed by atoms with E-state index in [-0.39, 0.29) is 29.5 Å². The van der Waals surface area contributed by atoms with Gasteiger partial charge in [-0.3, -0.25) is 13.9 Å². The lowest BCUT2D eigenvalue weighted by atomic mass is 10.1. The first kappa shape index (κ1) is 33.2. The standard InChI is InChI=1S/C31H37Cl2N3O5S/c1-7-28(30(38)34-31(3,4)5)35(19-25-26(32)9-8-10-27(25)33)29(37)20-36(22-13-15-23(41-6)16-14-22)42(39,40)24-17-11-21(2)12-18-24/h8-18,28H,7,19-20H2,1-6H3,(H,34,38)/t28-/m0/s1. The van der Waals surface area contributed by atoms with Crippen molar-refractivity contribution in [2.45, 2.75) is 64.1 Å². The molecule has 0 radical (unpaired) electrons. The molecule has 0 aliphatic carbocycles. The van der Waals surface area contributed by atoms with Crippen LogP contribution < -0.4 is 14.4 Å². The smallest absolute Gasteiger partial charge is 0.264 e. The van der Waals surface area contributed by atoms with Gasteiger partial charge in [0.2, 0.25) is 11.8 Å². The maximum Gasteiger partial charge on any atom is 0.264 e. The van der Waals surface area contributed by atoms with Gasteiger partial charge < -0.3 is 15.0 Å². The molecule has 0 heterocycles. The summed E-state index contributed by atoms with van der Waals surface area (Å²) < 4.78 is 34.2. The highest BCUT2D eigenvalue weighted by Crippen LogP contribution is 2.29. The van der Waals surface area contributed by atoms with Crippen molar-refractivity contribution in [1.29, 1.82) is 0 Å². The zero-order chi connectivity index (χ0) is 31.2. The lowest BCUT2D eigenvalue weighted by Gasteiger charge is -2.35. The van der Waals surface area contributed by atoms with Gasteiger partial charge in [-0.1, -0.05) is 53.9 Å². The quantitative estimate of drug-likeness (QED) is 0.270. The average molecular weight is 635 g/mol. The van der Waals surface area contributed by atoms with Gasteiger partial charge in [0.1, 0.15) is 18.3 Å². The molecule has 2 amide bonds. The summed E-state index contributed by atoms with van der Waals surface area (Å²) in [4.78, 5) is 29.0. The highest BCUT2D eigenvalue weighted by atomic mass is 35.5. The Bertz CT molecular complexity index is 1480. The fourth-order valence-corrected chi connectivity index (χ4v) is 6.27. The second-order valence-corrected chi connectivity index (χ2v) is 13.6. The number of halogens is 2. The largest absolute Gasteiger partial charge is 0.497 e. The molecule has 3 rings (SSSR count). The number of rotatable bonds is 11. The Morgan fingerprint density at radius 2 is 1.52 bits per heavy atom. The molecule has 0 aromatic heterocycles. The van der Waals surface area contributed by atoms with Crippen molar-refractivity contribution in [1.82, 2.24) is 10.2 Å². The highest BCUT2D eigenvalue weighted by molar-refractivity contribution is 7.92. The van der Waals surface area contributed by atoms with E-state index in [2.05, 4.69) is 5.32 Å². The topological polar surface area (TPSA) is 96.0 Å². The predicted molar refractivity (Wildman–Crippen MR) is 168 cm³/mol. The maximum atomic E-state index is 14.2. The van der Waals surface area contributed by atoms with Gasteiger partial charge in [0.05, 0.1) is 17.7 Å². The molecule has 8 nitrogen and oxygen atoms in total. The van der Waals surface area contributed by atoms with Crippen LogP contribution in [0.5, 0.6) is 5.75 Å². The summed E-state index contributed by atoms with van der Waals surface area (Å²) in [5.74, 6) is -0.454. The second kappa shape index (κ2) is 13.8. The molecule has 0 bridgehead atoms. The van der Waals surface area contributed by atoms with Crippen molar-refractivity contribution in [2.24, 2.45) is 0 Å². The molecule has 42 heavy (non-hydrogen) atoms. The van der Waals surface area contributed by atoms with Crippen LogP contribution in [0.15, 0.2) is 71.6 Å². The molecule has 0 spiro atoms. The number of amides is 2. The Labute approximate surface area is 258 Å². The summed E-state index contributed by atoms with van der Waals surface area (Å²) >= 11 is 12.9. The number of aryl methyl sites for hydroxylation is 1. The third-order valence-electron chi connectivity index (χ3n) is 6.52. The van der Waals surface area contributed by atoms with E-state index in [0.29, 0.717) is 21.4 Å². The van der Waals surface area contributed by atoms with E-state index in [0.717, 1.165) is 9.87 Å². The van der Waals surface area contributed by atoms with Gasteiger partial charge in [-0.15, -0.1) is 0 Å². The summed E-state index contributed by atoms with van der Waals surface area (Å²) in [6.07, 6.45) is 0.267. The molecule has 0 unspecified atom stereocenters. The predicted octanol–water partition coefficient (Wildman–Crippen LogP) is 6.23. The fraction of sp³-hybridized carbons (Fsp3) is 0.355. The van der Waals surface area contributed by atoms with Crippen LogP contribution in [0.1, 0.15) is 45.2 Å². The van der Waals surface area contributed by atoms with E-state index >= 15 is 0 Å². The van der Waals surface area contributed by atoms with Gasteiger partial charge in [-0.05, 0) is 82.6 Å². The average Bonchev–Trinajstić information content (AvgIpc) is 2.92. The van der Waals surface area contributed by atoms with E-state index in [1.54, 1.807) is 61.5 Å². The van der Waals surface area contributed by atoms with Crippen molar-refractivity contribution >= 4 is 50.7 Å². The van der Waals surface area contributed by atoms with Crippen LogP contribution >= 0.6 is 23.2 Å². The number of nitrogens with one attached hydrogen (secondary N) is 1. The van der Waals surface area contributed by atoms with Crippen molar-refractivity contribution < 1.29 is 22.7 Å². The number of hydrogen-bond acceptors (Lipinski definition) is 5. The van der Waals surface area contributed by atoms with Gasteiger partial charge in [0.15, 0.2) is 0 Å². The minimum absolute atomic E-state index is 0.0231. The molecule has 0 aliphatic rings. The zero-order valence-electron chi connectivity index (χ0n) is 24.6. The Morgan fingerprint density at radius 3 is 2.02 bits per heavy atom. The number of carbonyl (C=O) groups is 2. The number of hydrogen-bond donors (Lipinski definition) is 1. The van der Waals surface area contributed by atoms with Crippen molar-refractivity contribution in [2.75, 3.05) is 18.0 Å². The Kier molecular flexibility index (Phi) is 10.9. The SMILES string of the molecule is CC[C@@H](C(=O)NC(C)(C)C)N(Cc1c(Cl)cccc1Cl)C(=O)CN(c1ccc(OC)cc1)S(=O)(=O)c1ccc(C)cc1. The number of benzene rings is 3. The second-order valence-electron chi connectivity index (χ2n) is 10.9. The Hall–Kier alpha value is -3.27. The lowest BCUT2D eigenvalue weighted by Crippen LogP contribution is -2.55. The number of anilines is 1. The number of methoxy groups -OCH3 is 1. The van der Waals surface area contributed by atoms with Crippen LogP contribution in [-0.4, -0.2) is 50.4 Å². The first-order valence-corrected chi connectivity index (χ1v) is 15.7. The molecule has 3 aromatic rings. The Morgan fingerprint density at radius 1 is 0.952 bits per heavy atom. The normalized spacial score (nSPS) is 12.4. The summed E-state index contributed by atoms with van der Waals surface area (Å²) in [6, 6.07) is 16.8. The van der Waals surface area contributed by atoms with E-state index in [1.165, 1.54) is 24.1 Å². The van der Waals surface area contributed by atoms with Gasteiger partial charge in [0, 0.05) is 27.7 Å². The van der Waals surface area contributed by atoms with E-state index in [9.17, 15) is 18.0 Å². The molecule has 0 fully saturated rings. The van der Waals surface area contributed by atoms with Crippen LogP contribution in [0, 0.1) is 6.92 Å². The third kappa shape index (κ3) is 8.18. The van der Waals surface area contributed by atoms with Crippen molar-refractivity contribution in [3.8, 4) is 5.75 Å². The summed E-state index contributed by atoms with van der Waals surface area (Å²) in [6.45, 7) is 8.48. The molecule has 0 saturated carbocycles. The van der Waals surface area contributed by atoms with Crippen LogP contribution in [0.25, 0.3) is 0 Å². The van der Waals surface area contributed by atoms with E-state index in [1.807, 2.05) is 27.7 Å². The fourth-order valence-electron chi connectivity index (χ4n) is 4.34. The number of nitrogens with zero attached hydrogens (tertiary/aromatic N) is 2. The van der Waals surface area contributed by atoms with Gasteiger partial charge in [-0.2, -0.15) is 0 Å². The lowest BCUT2D eigenvalue weighted by molar-refractivity contribution is -0.141. The third-order valence-corrected chi connectivity index (χ3v) is 9.02. The van der Waals surface area contributed by atoms with Gasteiger partial charge in [0.25, 0.3) is 10.0 Å². The number of sulfonamides is 1. The van der Waals surface area contributed by atoms with Crippen LogP contribution in [-0.2, 0) is 26.2 Å². The molecule has 0 saturated heterocycles. The maximum absolute atomic E-state index is 14.2. The van der Waals surface area contributed by atoms with Gasteiger partial charge in [-0.25, -0.2) is 8.42 Å². The summed E-state index contributed by atoms with van der Waals surface area (Å²) in [5, 5.41) is 3.58. The molecule has 0 aliphatic heterocycles. The van der Waals surface area contributed by atoms with Crippen LogP contribution in [0.3, 0.4) is 0 Å². The van der Waals surface area contributed by atoms with E-state index < -0.39 is 34.1 Å². The van der Waals surface area contributed by atoms with Crippen molar-refractivity contribution in [3.63, 3.8) is 0 Å². The molecule has 1 atom stereocenters. The molecule has 11 heteroatoms. The summed E-state index contributed by atoms with van der Waals surface area (Å²) in [5.41, 5.74) is 1.03. The molecule has 1 N–H and O–H groups in total. The zero-order valence-corrected chi connectivity index (χ0v) is 27.0. The van der Waals surface area contributed by atoms with E-state index in [4.69, 9.17) is 27.9 Å². The Balaban J connectivity index is 2.12. The first-order chi connectivity index (χ1) is 19.7. The highest BCUT2D eigenvalue weighted by Gasteiger charge is 2.35. The van der Waals surface area contributed by atoms with Gasteiger partial charge >= 0.3 is 0 Å². The monoisotopic (exact) mass is 633 g/mol. The van der Waals surface area contributed by atoms with Crippen LogP contribution in [0.4, 0.5) is 5.69 Å². The minimum atomic E-state index is -4.20. The molecule has 3 aromatic carbocycles. The van der Waals surface area contributed by atoms with Crippen molar-refractivity contribution in [3.05, 3.63) is 87.9 Å². The minimum Gasteiger partial charge on any atom is -0.497 e. The first-order valence-electron chi connectivity index (χ1n) is 13.5. The molecule has 226 valence electrons. The van der Waals surface area contributed by atoms with Crippen LogP contribution in [0.2, 0.25) is 10.0 Å². The molecular formula is C31H37Cl2N3O5S. The molecular weight excluding hydrogens is 597 g/mol.